The maximum absolute atomic E-state index is 13.4. The van der Waals surface area contributed by atoms with Gasteiger partial charge in [-0.05, 0) is 53.7 Å². The molecule has 29 heavy (non-hydrogen) atoms. The van der Waals surface area contributed by atoms with Gasteiger partial charge < -0.3 is 9.84 Å². The van der Waals surface area contributed by atoms with E-state index in [1.54, 1.807) is 12.1 Å². The predicted octanol–water partition coefficient (Wildman–Crippen LogP) is 6.49. The molecule has 1 aliphatic carbocycles. The van der Waals surface area contributed by atoms with Crippen LogP contribution in [0.5, 0.6) is 0 Å². The molecule has 1 N–H and O–H groups in total. The molecule has 0 atom stereocenters. The highest BCUT2D eigenvalue weighted by Crippen LogP contribution is 2.38. The van der Waals surface area contributed by atoms with E-state index in [1.807, 2.05) is 18.2 Å². The molecule has 7 heteroatoms. The number of benzene rings is 2. The van der Waals surface area contributed by atoms with Crippen LogP contribution in [0.25, 0.3) is 5.57 Å². The Balaban J connectivity index is 1.80. The first kappa shape index (κ1) is 21.2. The van der Waals surface area contributed by atoms with Gasteiger partial charge in [0.2, 0.25) is 0 Å². The number of carboxylic acid groups (broad SMARTS) is 1. The number of hydrogen-bond donors (Lipinski definition) is 1. The summed E-state index contributed by atoms with van der Waals surface area (Å²) >= 11 is 6.27. The Kier molecular flexibility index (Phi) is 6.52. The lowest BCUT2D eigenvalue weighted by Crippen LogP contribution is -2.11. The first-order chi connectivity index (χ1) is 13.8. The lowest BCUT2D eigenvalue weighted by atomic mass is 9.99. The number of aliphatic carboxylic acids is 1. The van der Waals surface area contributed by atoms with Gasteiger partial charge in [-0.3, -0.25) is 4.79 Å². The highest BCUT2D eigenvalue weighted by molar-refractivity contribution is 6.32. The second-order valence-electron chi connectivity index (χ2n) is 6.91. The normalized spacial score (nSPS) is 14.3. The van der Waals surface area contributed by atoms with E-state index >= 15 is 0 Å². The molecule has 0 aliphatic heterocycles. The van der Waals surface area contributed by atoms with Crippen LogP contribution in [-0.2, 0) is 28.7 Å². The molecule has 3 nitrogen and oxygen atoms in total. The van der Waals surface area contributed by atoms with Gasteiger partial charge in [-0.25, -0.2) is 0 Å². The summed E-state index contributed by atoms with van der Waals surface area (Å²) in [5.74, 6) is -0.382. The summed E-state index contributed by atoms with van der Waals surface area (Å²) in [4.78, 5) is 10.7. The van der Waals surface area contributed by atoms with Crippen molar-refractivity contribution in [2.24, 2.45) is 0 Å². The van der Waals surface area contributed by atoms with Gasteiger partial charge in [-0.1, -0.05) is 41.9 Å². The van der Waals surface area contributed by atoms with Gasteiger partial charge in [-0.2, -0.15) is 13.2 Å². The van der Waals surface area contributed by atoms with Crippen molar-refractivity contribution in [3.05, 3.63) is 75.5 Å². The molecule has 154 valence electrons. The standard InChI is InChI=1S/C22H20ClF3O3/c23-19-6-2-1-4-16(19)17-5-3-7-20(17)29-13-14-8-9-15(10-11-21(27)28)18(12-14)22(24,25)26/h1-2,4,6,8-9,12H,3,5,7,10-11,13H2,(H,27,28). The zero-order chi connectivity index (χ0) is 21.0. The fraction of sp³-hybridized carbons (Fsp3) is 0.318. The summed E-state index contributed by atoms with van der Waals surface area (Å²) in [5, 5.41) is 9.37. The summed E-state index contributed by atoms with van der Waals surface area (Å²) in [6, 6.07) is 11.4. The van der Waals surface area contributed by atoms with Crippen molar-refractivity contribution in [2.45, 2.75) is 44.9 Å². The molecule has 0 saturated heterocycles. The Morgan fingerprint density at radius 1 is 1.14 bits per heavy atom. The lowest BCUT2D eigenvalue weighted by Gasteiger charge is -2.16. The molecule has 0 saturated carbocycles. The average Bonchev–Trinajstić information content (AvgIpc) is 3.13. The Morgan fingerprint density at radius 2 is 1.90 bits per heavy atom. The van der Waals surface area contributed by atoms with E-state index in [2.05, 4.69) is 0 Å². The van der Waals surface area contributed by atoms with E-state index in [-0.39, 0.29) is 25.0 Å². The summed E-state index contributed by atoms with van der Waals surface area (Å²) < 4.78 is 46.1. The lowest BCUT2D eigenvalue weighted by molar-refractivity contribution is -0.140. The Bertz CT molecular complexity index is 935. The van der Waals surface area contributed by atoms with E-state index in [9.17, 15) is 18.0 Å². The Labute approximate surface area is 171 Å². The third-order valence-electron chi connectivity index (χ3n) is 4.87. The number of allylic oxidation sites excluding steroid dienone is 2. The van der Waals surface area contributed by atoms with Gasteiger partial charge in [0.1, 0.15) is 12.4 Å². The SMILES string of the molecule is O=C(O)CCc1ccc(COC2=C(c3ccccc3Cl)CCC2)cc1C(F)(F)F. The quantitative estimate of drug-likeness (QED) is 0.552. The molecular weight excluding hydrogens is 405 g/mol. The highest BCUT2D eigenvalue weighted by Gasteiger charge is 2.33. The molecule has 0 unspecified atom stereocenters. The fourth-order valence-corrected chi connectivity index (χ4v) is 3.72. The van der Waals surface area contributed by atoms with Crippen molar-refractivity contribution in [1.29, 1.82) is 0 Å². The maximum Gasteiger partial charge on any atom is 0.416 e. The molecule has 0 heterocycles. The minimum Gasteiger partial charge on any atom is -0.493 e. The fourth-order valence-electron chi connectivity index (χ4n) is 3.47. The van der Waals surface area contributed by atoms with Crippen molar-refractivity contribution in [2.75, 3.05) is 0 Å². The van der Waals surface area contributed by atoms with E-state index in [4.69, 9.17) is 21.4 Å². The minimum absolute atomic E-state index is 0.00553. The van der Waals surface area contributed by atoms with Crippen LogP contribution >= 0.6 is 11.6 Å². The summed E-state index contributed by atoms with van der Waals surface area (Å²) in [5.41, 5.74) is 1.42. The molecule has 0 bridgehead atoms. The third kappa shape index (κ3) is 5.32. The topological polar surface area (TPSA) is 46.5 Å². The number of carboxylic acids is 1. The third-order valence-corrected chi connectivity index (χ3v) is 5.20. The minimum atomic E-state index is -4.56. The van der Waals surface area contributed by atoms with Gasteiger partial charge >= 0.3 is 12.1 Å². The van der Waals surface area contributed by atoms with Crippen LogP contribution in [0.3, 0.4) is 0 Å². The van der Waals surface area contributed by atoms with Crippen LogP contribution < -0.4 is 0 Å². The number of rotatable bonds is 7. The van der Waals surface area contributed by atoms with Crippen LogP contribution in [0.2, 0.25) is 5.02 Å². The van der Waals surface area contributed by atoms with Crippen molar-refractivity contribution >= 4 is 23.1 Å². The molecule has 0 radical (unpaired) electrons. The van der Waals surface area contributed by atoms with E-state index in [0.717, 1.165) is 35.8 Å². The number of ether oxygens (including phenoxy) is 1. The van der Waals surface area contributed by atoms with Gasteiger partial charge in [0.05, 0.1) is 5.56 Å². The van der Waals surface area contributed by atoms with Crippen molar-refractivity contribution < 1.29 is 27.8 Å². The van der Waals surface area contributed by atoms with Crippen LogP contribution in [0.1, 0.15) is 47.9 Å². The maximum atomic E-state index is 13.4. The predicted molar refractivity (Wildman–Crippen MR) is 104 cm³/mol. The second-order valence-corrected chi connectivity index (χ2v) is 7.31. The smallest absolute Gasteiger partial charge is 0.416 e. The van der Waals surface area contributed by atoms with Crippen molar-refractivity contribution in [3.63, 3.8) is 0 Å². The van der Waals surface area contributed by atoms with Gasteiger partial charge in [0.25, 0.3) is 0 Å². The summed E-state index contributed by atoms with van der Waals surface area (Å²) in [7, 11) is 0. The molecule has 2 aromatic carbocycles. The van der Waals surface area contributed by atoms with Gasteiger partial charge in [0, 0.05) is 17.9 Å². The first-order valence-corrected chi connectivity index (χ1v) is 9.64. The monoisotopic (exact) mass is 424 g/mol. The Morgan fingerprint density at radius 3 is 2.59 bits per heavy atom. The zero-order valence-corrected chi connectivity index (χ0v) is 16.3. The average molecular weight is 425 g/mol. The van der Waals surface area contributed by atoms with Crippen molar-refractivity contribution in [1.82, 2.24) is 0 Å². The molecule has 2 aromatic rings. The molecule has 3 rings (SSSR count). The highest BCUT2D eigenvalue weighted by atomic mass is 35.5. The molecule has 0 amide bonds. The number of carbonyl (C=O) groups is 1. The van der Waals surface area contributed by atoms with Crippen LogP contribution in [0.15, 0.2) is 48.2 Å². The van der Waals surface area contributed by atoms with Crippen LogP contribution in [-0.4, -0.2) is 11.1 Å². The van der Waals surface area contributed by atoms with Crippen molar-refractivity contribution in [3.8, 4) is 0 Å². The van der Waals surface area contributed by atoms with Gasteiger partial charge in [0.15, 0.2) is 0 Å². The molecular formula is C22H20ClF3O3. The molecule has 0 aromatic heterocycles. The number of hydrogen-bond acceptors (Lipinski definition) is 2. The summed E-state index contributed by atoms with van der Waals surface area (Å²) in [6.07, 6.45) is -2.67. The molecule has 1 aliphatic rings. The summed E-state index contributed by atoms with van der Waals surface area (Å²) in [6.45, 7) is 0.00553. The van der Waals surface area contributed by atoms with Crippen LogP contribution in [0, 0.1) is 0 Å². The van der Waals surface area contributed by atoms with E-state index in [1.165, 1.54) is 6.07 Å². The van der Waals surface area contributed by atoms with E-state index < -0.39 is 17.7 Å². The molecule has 0 fully saturated rings. The largest absolute Gasteiger partial charge is 0.493 e. The van der Waals surface area contributed by atoms with Gasteiger partial charge in [-0.15, -0.1) is 0 Å². The number of halogens is 4. The van der Waals surface area contributed by atoms with Crippen LogP contribution in [0.4, 0.5) is 13.2 Å². The molecule has 0 spiro atoms. The first-order valence-electron chi connectivity index (χ1n) is 9.26. The zero-order valence-electron chi connectivity index (χ0n) is 15.6. The van der Waals surface area contributed by atoms with E-state index in [0.29, 0.717) is 17.0 Å². The number of aryl methyl sites for hydroxylation is 1. The Hall–Kier alpha value is -2.47. The second kappa shape index (κ2) is 8.91. The number of alkyl halides is 3.